The Balaban J connectivity index is 1.59. The minimum absolute atomic E-state index is 0.0143. The second kappa shape index (κ2) is 9.60. The van der Waals surface area contributed by atoms with Crippen LogP contribution in [-0.2, 0) is 0 Å². The molecule has 3 aromatic rings. The highest BCUT2D eigenvalue weighted by atomic mass is 32.2. The van der Waals surface area contributed by atoms with Gasteiger partial charge in [-0.25, -0.2) is 10.1 Å². The van der Waals surface area contributed by atoms with E-state index in [1.807, 2.05) is 24.3 Å². The van der Waals surface area contributed by atoms with Crippen molar-refractivity contribution >= 4 is 29.7 Å². The Hall–Kier alpha value is -3.53. The zero-order valence-electron chi connectivity index (χ0n) is 15.9. The molecule has 0 aliphatic heterocycles. The minimum atomic E-state index is -0.0143. The largest absolute Gasteiger partial charge is 0.493 e. The van der Waals surface area contributed by atoms with Crippen LogP contribution in [0.15, 0.2) is 58.8 Å². The molecule has 1 heterocycles. The smallest absolute Gasteiger partial charge is 0.264 e. The number of thioether (sulfide) groups is 1. The lowest BCUT2D eigenvalue weighted by Gasteiger charge is -2.07. The molecule has 0 fully saturated rings. The monoisotopic (exact) mass is 412 g/mol. The van der Waals surface area contributed by atoms with Crippen molar-refractivity contribution in [2.45, 2.75) is 5.16 Å². The first kappa shape index (κ1) is 20.2. The molecule has 3 rings (SSSR count). The van der Waals surface area contributed by atoms with Gasteiger partial charge >= 0.3 is 0 Å². The number of benzene rings is 2. The second-order valence-corrected chi connectivity index (χ2v) is 6.68. The zero-order valence-corrected chi connectivity index (χ0v) is 16.7. The van der Waals surface area contributed by atoms with Gasteiger partial charge in [-0.15, -0.1) is 10.2 Å². The van der Waals surface area contributed by atoms with Crippen LogP contribution in [0, 0.1) is 0 Å². The van der Waals surface area contributed by atoms with Crippen molar-refractivity contribution in [2.24, 2.45) is 5.10 Å². The summed E-state index contributed by atoms with van der Waals surface area (Å²) in [6, 6.07) is 14.4. The number of carbonyl (C=O) groups excluding carboxylic acids is 1. The third kappa shape index (κ3) is 5.05. The molecule has 0 bridgehead atoms. The van der Waals surface area contributed by atoms with Crippen molar-refractivity contribution in [3.63, 3.8) is 0 Å². The molecule has 150 valence electrons. The average Bonchev–Trinajstić information content (AvgIpc) is 3.12. The number of methoxy groups -OCH3 is 2. The first-order valence-corrected chi connectivity index (χ1v) is 9.53. The highest BCUT2D eigenvalue weighted by Gasteiger charge is 2.13. The number of hydrazone groups is 1. The fourth-order valence-electron chi connectivity index (χ4n) is 2.39. The van der Waals surface area contributed by atoms with E-state index in [-0.39, 0.29) is 17.5 Å². The van der Waals surface area contributed by atoms with Crippen molar-refractivity contribution < 1.29 is 14.3 Å². The number of carbonyl (C=O) groups is 1. The summed E-state index contributed by atoms with van der Waals surface area (Å²) < 4.78 is 11.7. The maximum absolute atomic E-state index is 12.2. The molecule has 1 aromatic heterocycles. The van der Waals surface area contributed by atoms with Crippen LogP contribution in [0.2, 0.25) is 0 Å². The van der Waals surface area contributed by atoms with E-state index in [1.165, 1.54) is 16.4 Å². The number of anilines is 1. The molecule has 0 amide bonds. The quantitative estimate of drug-likeness (QED) is 0.181. The van der Waals surface area contributed by atoms with Gasteiger partial charge in [0, 0.05) is 5.56 Å². The lowest BCUT2D eigenvalue weighted by molar-refractivity contribution is 0.102. The number of Topliss-reactive ketones (excluding diaryl/α,β-unsaturated/α-hetero) is 1. The first-order valence-electron chi connectivity index (χ1n) is 8.55. The highest BCUT2D eigenvalue weighted by molar-refractivity contribution is 7.99. The predicted octanol–water partition coefficient (Wildman–Crippen LogP) is 2.43. The SMILES string of the molecule is COc1ccc(/C=N/Nc2nnc(SCC(=O)c3ccccc3)n2N)cc1OC. The van der Waals surface area contributed by atoms with Crippen LogP contribution in [-0.4, -0.2) is 46.8 Å². The number of nitrogens with zero attached hydrogens (tertiary/aromatic N) is 4. The Bertz CT molecular complexity index is 1010. The van der Waals surface area contributed by atoms with Crippen LogP contribution in [0.1, 0.15) is 15.9 Å². The van der Waals surface area contributed by atoms with Crippen LogP contribution in [0.25, 0.3) is 0 Å². The summed E-state index contributed by atoms with van der Waals surface area (Å²) >= 11 is 1.20. The second-order valence-electron chi connectivity index (χ2n) is 5.74. The van der Waals surface area contributed by atoms with Crippen molar-refractivity contribution in [2.75, 3.05) is 31.2 Å². The van der Waals surface area contributed by atoms with Gasteiger partial charge in [-0.2, -0.15) is 5.10 Å². The molecule has 9 nitrogen and oxygen atoms in total. The Morgan fingerprint density at radius 2 is 1.93 bits per heavy atom. The van der Waals surface area contributed by atoms with E-state index in [0.29, 0.717) is 22.2 Å². The van der Waals surface area contributed by atoms with E-state index in [2.05, 4.69) is 20.7 Å². The topological polar surface area (TPSA) is 117 Å². The van der Waals surface area contributed by atoms with Crippen molar-refractivity contribution in [1.29, 1.82) is 0 Å². The van der Waals surface area contributed by atoms with Gasteiger partial charge in [0.1, 0.15) is 0 Å². The summed E-state index contributed by atoms with van der Waals surface area (Å²) in [5.41, 5.74) is 4.16. The fourth-order valence-corrected chi connectivity index (χ4v) is 3.14. The lowest BCUT2D eigenvalue weighted by atomic mass is 10.2. The third-order valence-corrected chi connectivity index (χ3v) is 4.82. The number of aromatic nitrogens is 3. The van der Waals surface area contributed by atoms with Crippen LogP contribution in [0.5, 0.6) is 11.5 Å². The maximum Gasteiger partial charge on any atom is 0.264 e. The molecule has 0 radical (unpaired) electrons. The molecule has 0 spiro atoms. The number of ketones is 1. The number of nitrogens with one attached hydrogen (secondary N) is 1. The van der Waals surface area contributed by atoms with Crippen molar-refractivity contribution in [1.82, 2.24) is 14.9 Å². The van der Waals surface area contributed by atoms with Crippen LogP contribution >= 0.6 is 11.8 Å². The van der Waals surface area contributed by atoms with Gasteiger partial charge < -0.3 is 15.3 Å². The summed E-state index contributed by atoms with van der Waals surface area (Å²) in [5, 5.41) is 12.4. The number of nitrogens with two attached hydrogens (primary N) is 1. The van der Waals surface area contributed by atoms with E-state index in [1.54, 1.807) is 44.7 Å². The average molecular weight is 412 g/mol. The third-order valence-electron chi connectivity index (χ3n) is 3.88. The van der Waals surface area contributed by atoms with E-state index >= 15 is 0 Å². The van der Waals surface area contributed by atoms with Gasteiger partial charge in [-0.1, -0.05) is 42.1 Å². The van der Waals surface area contributed by atoms with Gasteiger partial charge in [0.2, 0.25) is 5.16 Å². The van der Waals surface area contributed by atoms with Crippen LogP contribution < -0.4 is 20.7 Å². The summed E-state index contributed by atoms with van der Waals surface area (Å²) in [7, 11) is 3.14. The lowest BCUT2D eigenvalue weighted by Crippen LogP contribution is -2.14. The van der Waals surface area contributed by atoms with Crippen molar-refractivity contribution in [3.05, 3.63) is 59.7 Å². The van der Waals surface area contributed by atoms with Gasteiger partial charge in [0.15, 0.2) is 17.3 Å². The molecule has 0 atom stereocenters. The van der Waals surface area contributed by atoms with Gasteiger partial charge in [-0.3, -0.25) is 4.79 Å². The number of hydrogen-bond acceptors (Lipinski definition) is 9. The summed E-state index contributed by atoms with van der Waals surface area (Å²) in [6.45, 7) is 0. The molecule has 0 unspecified atom stereocenters. The summed E-state index contributed by atoms with van der Waals surface area (Å²) in [4.78, 5) is 12.2. The Morgan fingerprint density at radius 3 is 2.66 bits per heavy atom. The normalized spacial score (nSPS) is 10.8. The molecule has 0 saturated carbocycles. The van der Waals surface area contributed by atoms with E-state index in [9.17, 15) is 4.79 Å². The first-order chi connectivity index (χ1) is 14.1. The molecular formula is C19H20N6O3S. The number of rotatable bonds is 9. The van der Waals surface area contributed by atoms with Gasteiger partial charge in [0.25, 0.3) is 5.95 Å². The van der Waals surface area contributed by atoms with E-state index in [0.717, 1.165) is 5.56 Å². The Morgan fingerprint density at radius 1 is 1.17 bits per heavy atom. The Kier molecular flexibility index (Phi) is 6.69. The van der Waals surface area contributed by atoms with Crippen molar-refractivity contribution in [3.8, 4) is 11.5 Å². The van der Waals surface area contributed by atoms with Crippen LogP contribution in [0.3, 0.4) is 0 Å². The molecule has 2 aromatic carbocycles. The van der Waals surface area contributed by atoms with Crippen LogP contribution in [0.4, 0.5) is 5.95 Å². The number of nitrogen functional groups attached to an aromatic ring is 1. The molecule has 10 heteroatoms. The molecule has 3 N–H and O–H groups in total. The standard InChI is InChI=1S/C19H20N6O3S/c1-27-16-9-8-13(10-17(16)28-2)11-21-22-18-23-24-19(25(18)20)29-12-15(26)14-6-4-3-5-7-14/h3-11H,12,20H2,1-2H3,(H,22,23)/b21-11+. The van der Waals surface area contributed by atoms with Gasteiger partial charge in [0.05, 0.1) is 26.2 Å². The highest BCUT2D eigenvalue weighted by Crippen LogP contribution is 2.27. The number of hydrogen-bond donors (Lipinski definition) is 2. The van der Waals surface area contributed by atoms with E-state index < -0.39 is 0 Å². The summed E-state index contributed by atoms with van der Waals surface area (Å²) in [6.07, 6.45) is 1.59. The zero-order chi connectivity index (χ0) is 20.6. The number of ether oxygens (including phenoxy) is 2. The molecule has 29 heavy (non-hydrogen) atoms. The fraction of sp³-hybridized carbons (Fsp3) is 0.158. The maximum atomic E-state index is 12.2. The Labute approximate surface area is 171 Å². The molecule has 0 saturated heterocycles. The van der Waals surface area contributed by atoms with Gasteiger partial charge in [-0.05, 0) is 23.8 Å². The predicted molar refractivity (Wildman–Crippen MR) is 112 cm³/mol. The molecule has 0 aliphatic rings. The van der Waals surface area contributed by atoms with E-state index in [4.69, 9.17) is 15.3 Å². The minimum Gasteiger partial charge on any atom is -0.493 e. The molecular weight excluding hydrogens is 392 g/mol. The summed E-state index contributed by atoms with van der Waals surface area (Å²) in [5.74, 6) is 7.64. The molecule has 0 aliphatic carbocycles.